The van der Waals surface area contributed by atoms with E-state index in [0.717, 1.165) is 11.3 Å². The number of para-hydroxylation sites is 1. The fraction of sp³-hybridized carbons (Fsp3) is 0.333. The van der Waals surface area contributed by atoms with Crippen molar-refractivity contribution in [1.82, 2.24) is 0 Å². The Bertz CT molecular complexity index is 312. The fourth-order valence-corrected chi connectivity index (χ4v) is 1.54. The van der Waals surface area contributed by atoms with Gasteiger partial charge in [-0.15, -0.1) is 6.58 Å². The van der Waals surface area contributed by atoms with Crippen molar-refractivity contribution in [2.24, 2.45) is 0 Å². The lowest BCUT2D eigenvalue weighted by molar-refractivity contribution is 0.281. The fourth-order valence-electron chi connectivity index (χ4n) is 1.54. The van der Waals surface area contributed by atoms with Gasteiger partial charge in [-0.25, -0.2) is 0 Å². The molecule has 0 atom stereocenters. The van der Waals surface area contributed by atoms with Gasteiger partial charge in [-0.05, 0) is 6.07 Å². The lowest BCUT2D eigenvalue weighted by Crippen LogP contribution is -2.27. The molecule has 0 aliphatic heterocycles. The van der Waals surface area contributed by atoms with Crippen LogP contribution in [0.25, 0.3) is 0 Å². The molecular formula is C12H17NO2. The van der Waals surface area contributed by atoms with Gasteiger partial charge in [-0.2, -0.15) is 0 Å². The SMILES string of the molecule is C=CCN(CCO)c1ccccc1CO. The molecule has 3 nitrogen and oxygen atoms in total. The van der Waals surface area contributed by atoms with Gasteiger partial charge in [-0.1, -0.05) is 24.3 Å². The Labute approximate surface area is 90.3 Å². The van der Waals surface area contributed by atoms with E-state index < -0.39 is 0 Å². The molecule has 0 radical (unpaired) electrons. The predicted molar refractivity (Wildman–Crippen MR) is 61.9 cm³/mol. The Morgan fingerprint density at radius 2 is 2.00 bits per heavy atom. The molecule has 3 heteroatoms. The summed E-state index contributed by atoms with van der Waals surface area (Å²) in [6, 6.07) is 7.62. The van der Waals surface area contributed by atoms with Crippen LogP contribution < -0.4 is 4.90 Å². The van der Waals surface area contributed by atoms with Gasteiger partial charge in [0, 0.05) is 24.3 Å². The van der Waals surface area contributed by atoms with E-state index >= 15 is 0 Å². The quantitative estimate of drug-likeness (QED) is 0.688. The maximum Gasteiger partial charge on any atom is 0.0702 e. The first-order chi connectivity index (χ1) is 7.33. The van der Waals surface area contributed by atoms with Crippen molar-refractivity contribution in [3.63, 3.8) is 0 Å². The van der Waals surface area contributed by atoms with Crippen LogP contribution in [0.3, 0.4) is 0 Å². The molecule has 1 rings (SSSR count). The maximum atomic E-state index is 9.19. The molecule has 0 fully saturated rings. The molecule has 0 aliphatic rings. The summed E-state index contributed by atoms with van der Waals surface area (Å²) in [6.07, 6.45) is 1.78. The average Bonchev–Trinajstić information content (AvgIpc) is 2.29. The molecule has 0 unspecified atom stereocenters. The Morgan fingerprint density at radius 3 is 2.60 bits per heavy atom. The summed E-state index contributed by atoms with van der Waals surface area (Å²) in [5.41, 5.74) is 1.82. The van der Waals surface area contributed by atoms with Crippen LogP contribution in [0.15, 0.2) is 36.9 Å². The zero-order chi connectivity index (χ0) is 11.1. The van der Waals surface area contributed by atoms with E-state index in [2.05, 4.69) is 6.58 Å². The maximum absolute atomic E-state index is 9.19. The second kappa shape index (κ2) is 6.22. The lowest BCUT2D eigenvalue weighted by atomic mass is 10.1. The number of benzene rings is 1. The standard InChI is InChI=1S/C12H17NO2/c1-2-7-13(8-9-14)12-6-4-3-5-11(12)10-15/h2-6,14-15H,1,7-10H2. The Morgan fingerprint density at radius 1 is 1.27 bits per heavy atom. The van der Waals surface area contributed by atoms with E-state index in [9.17, 15) is 5.11 Å². The van der Waals surface area contributed by atoms with Crippen molar-refractivity contribution < 1.29 is 10.2 Å². The number of aliphatic hydroxyl groups excluding tert-OH is 2. The molecule has 82 valence electrons. The Kier molecular flexibility index (Phi) is 4.87. The number of nitrogens with zero attached hydrogens (tertiary/aromatic N) is 1. The van der Waals surface area contributed by atoms with Crippen LogP contribution in [-0.4, -0.2) is 29.9 Å². The largest absolute Gasteiger partial charge is 0.395 e. The third-order valence-electron chi connectivity index (χ3n) is 2.22. The van der Waals surface area contributed by atoms with Gasteiger partial charge in [0.15, 0.2) is 0 Å². The van der Waals surface area contributed by atoms with Gasteiger partial charge >= 0.3 is 0 Å². The summed E-state index contributed by atoms with van der Waals surface area (Å²) in [5, 5.41) is 18.1. The summed E-state index contributed by atoms with van der Waals surface area (Å²) < 4.78 is 0. The van der Waals surface area contributed by atoms with Crippen LogP contribution in [0.4, 0.5) is 5.69 Å². The minimum Gasteiger partial charge on any atom is -0.395 e. The van der Waals surface area contributed by atoms with Crippen LogP contribution in [0.1, 0.15) is 5.56 Å². The number of hydrogen-bond acceptors (Lipinski definition) is 3. The summed E-state index contributed by atoms with van der Waals surface area (Å²) in [6.45, 7) is 4.99. The normalized spacial score (nSPS) is 10.0. The highest BCUT2D eigenvalue weighted by molar-refractivity contribution is 5.53. The monoisotopic (exact) mass is 207 g/mol. The van der Waals surface area contributed by atoms with E-state index in [1.165, 1.54) is 0 Å². The molecule has 0 aliphatic carbocycles. The van der Waals surface area contributed by atoms with Gasteiger partial charge in [0.2, 0.25) is 0 Å². The highest BCUT2D eigenvalue weighted by atomic mass is 16.3. The molecule has 2 N–H and O–H groups in total. The Balaban J connectivity index is 2.92. The van der Waals surface area contributed by atoms with E-state index in [1.54, 1.807) is 6.08 Å². The van der Waals surface area contributed by atoms with Crippen LogP contribution in [0.5, 0.6) is 0 Å². The summed E-state index contributed by atoms with van der Waals surface area (Å²) in [7, 11) is 0. The number of aliphatic hydroxyl groups is 2. The Hall–Kier alpha value is -1.32. The van der Waals surface area contributed by atoms with Gasteiger partial charge < -0.3 is 15.1 Å². The molecule has 0 heterocycles. The van der Waals surface area contributed by atoms with Gasteiger partial charge in [0.25, 0.3) is 0 Å². The van der Waals surface area contributed by atoms with Crippen LogP contribution in [-0.2, 0) is 6.61 Å². The first-order valence-corrected chi connectivity index (χ1v) is 4.99. The topological polar surface area (TPSA) is 43.7 Å². The molecular weight excluding hydrogens is 190 g/mol. The molecule has 1 aromatic carbocycles. The van der Waals surface area contributed by atoms with Crippen molar-refractivity contribution >= 4 is 5.69 Å². The van der Waals surface area contributed by atoms with Crippen molar-refractivity contribution in [3.05, 3.63) is 42.5 Å². The smallest absolute Gasteiger partial charge is 0.0702 e. The second-order valence-corrected chi connectivity index (χ2v) is 3.25. The third kappa shape index (κ3) is 3.08. The molecule has 0 amide bonds. The van der Waals surface area contributed by atoms with Crippen molar-refractivity contribution in [3.8, 4) is 0 Å². The zero-order valence-electron chi connectivity index (χ0n) is 8.76. The predicted octanol–water partition coefficient (Wildman–Crippen LogP) is 1.16. The minimum absolute atomic E-state index is 0.00917. The van der Waals surface area contributed by atoms with Gasteiger partial charge in [0.05, 0.1) is 13.2 Å². The molecule has 15 heavy (non-hydrogen) atoms. The molecule has 0 bridgehead atoms. The summed E-state index contributed by atoms with van der Waals surface area (Å²) in [5.74, 6) is 0. The van der Waals surface area contributed by atoms with Gasteiger partial charge in [-0.3, -0.25) is 0 Å². The van der Waals surface area contributed by atoms with Crippen molar-refractivity contribution in [2.75, 3.05) is 24.6 Å². The molecule has 0 spiro atoms. The van der Waals surface area contributed by atoms with E-state index in [1.807, 2.05) is 29.2 Å². The first kappa shape index (κ1) is 11.8. The molecule has 0 aromatic heterocycles. The minimum atomic E-state index is 0.00917. The van der Waals surface area contributed by atoms with E-state index in [4.69, 9.17) is 5.11 Å². The first-order valence-electron chi connectivity index (χ1n) is 4.99. The number of hydrogen-bond donors (Lipinski definition) is 2. The number of anilines is 1. The summed E-state index contributed by atoms with van der Waals surface area (Å²) >= 11 is 0. The third-order valence-corrected chi connectivity index (χ3v) is 2.22. The van der Waals surface area contributed by atoms with Crippen LogP contribution in [0, 0.1) is 0 Å². The second-order valence-electron chi connectivity index (χ2n) is 3.25. The highest BCUT2D eigenvalue weighted by Crippen LogP contribution is 2.19. The highest BCUT2D eigenvalue weighted by Gasteiger charge is 2.07. The average molecular weight is 207 g/mol. The number of rotatable bonds is 6. The van der Waals surface area contributed by atoms with Gasteiger partial charge in [0.1, 0.15) is 0 Å². The van der Waals surface area contributed by atoms with Crippen LogP contribution >= 0.6 is 0 Å². The van der Waals surface area contributed by atoms with Crippen LogP contribution in [0.2, 0.25) is 0 Å². The molecule has 0 saturated heterocycles. The van der Waals surface area contributed by atoms with Crippen molar-refractivity contribution in [2.45, 2.75) is 6.61 Å². The van der Waals surface area contributed by atoms with Crippen molar-refractivity contribution in [1.29, 1.82) is 0 Å². The zero-order valence-corrected chi connectivity index (χ0v) is 8.76. The van der Waals surface area contributed by atoms with E-state index in [0.29, 0.717) is 13.1 Å². The summed E-state index contributed by atoms with van der Waals surface area (Å²) in [4.78, 5) is 1.98. The lowest BCUT2D eigenvalue weighted by Gasteiger charge is -2.24. The molecule has 1 aromatic rings. The van der Waals surface area contributed by atoms with E-state index in [-0.39, 0.29) is 13.2 Å². The molecule has 0 saturated carbocycles.